The van der Waals surface area contributed by atoms with E-state index in [1.807, 2.05) is 0 Å². The van der Waals surface area contributed by atoms with Gasteiger partial charge in [-0.15, -0.1) is 22.7 Å². The number of carbonyl (C=O) groups excluding carboxylic acids is 2. The van der Waals surface area contributed by atoms with Gasteiger partial charge in [0.15, 0.2) is 0 Å². The quantitative estimate of drug-likeness (QED) is 0.816. The van der Waals surface area contributed by atoms with Gasteiger partial charge in [-0.3, -0.25) is 9.59 Å². The fourth-order valence-electron chi connectivity index (χ4n) is 2.61. The molecule has 24 heavy (non-hydrogen) atoms. The first kappa shape index (κ1) is 17.1. The van der Waals surface area contributed by atoms with Gasteiger partial charge in [0.2, 0.25) is 5.91 Å². The zero-order valence-electron chi connectivity index (χ0n) is 12.5. The van der Waals surface area contributed by atoms with Crippen LogP contribution in [0.2, 0.25) is 0 Å². The average molecular weight is 385 g/mol. The molecule has 1 aliphatic rings. The molecule has 1 unspecified atom stereocenters. The van der Waals surface area contributed by atoms with E-state index in [9.17, 15) is 18.0 Å². The van der Waals surface area contributed by atoms with Crippen molar-refractivity contribution in [2.45, 2.75) is 23.1 Å². The Kier molecular flexibility index (Phi) is 4.72. The molecule has 2 aromatic rings. The summed E-state index contributed by atoms with van der Waals surface area (Å²) in [5.74, 6) is -1.08. The highest BCUT2D eigenvalue weighted by molar-refractivity contribution is 7.91. The minimum absolute atomic E-state index is 0.219. The van der Waals surface area contributed by atoms with Crippen molar-refractivity contribution in [3.05, 3.63) is 34.5 Å². The highest BCUT2D eigenvalue weighted by atomic mass is 32.2. The Morgan fingerprint density at radius 2 is 2.04 bits per heavy atom. The van der Waals surface area contributed by atoms with E-state index < -0.39 is 27.9 Å². The van der Waals surface area contributed by atoms with Gasteiger partial charge in [0, 0.05) is 6.54 Å². The molecule has 2 amide bonds. The summed E-state index contributed by atoms with van der Waals surface area (Å²) < 4.78 is 26.8. The number of primary amides is 1. The molecule has 10 heteroatoms. The molecule has 0 bridgehead atoms. The van der Waals surface area contributed by atoms with Crippen molar-refractivity contribution in [1.29, 1.82) is 0 Å². The topological polar surface area (TPSA) is 110 Å². The number of nitrogens with two attached hydrogens (primary N) is 1. The number of nitrogens with zero attached hydrogens (tertiary/aromatic N) is 1. The number of sulfonamides is 1. The van der Waals surface area contributed by atoms with Crippen molar-refractivity contribution in [3.8, 4) is 0 Å². The Morgan fingerprint density at radius 1 is 1.25 bits per heavy atom. The van der Waals surface area contributed by atoms with Crippen molar-refractivity contribution in [2.24, 2.45) is 5.73 Å². The third-order valence-electron chi connectivity index (χ3n) is 3.73. The number of rotatable bonds is 5. The van der Waals surface area contributed by atoms with Crippen LogP contribution in [0.1, 0.15) is 23.2 Å². The van der Waals surface area contributed by atoms with Crippen LogP contribution in [-0.2, 0) is 14.8 Å². The van der Waals surface area contributed by atoms with E-state index in [1.54, 1.807) is 16.8 Å². The van der Waals surface area contributed by atoms with Gasteiger partial charge in [0.1, 0.15) is 15.3 Å². The zero-order chi connectivity index (χ0) is 17.3. The van der Waals surface area contributed by atoms with Crippen LogP contribution < -0.4 is 11.1 Å². The predicted octanol–water partition coefficient (Wildman–Crippen LogP) is 1.70. The van der Waals surface area contributed by atoms with Gasteiger partial charge in [0.25, 0.3) is 15.9 Å². The smallest absolute Gasteiger partial charge is 0.253 e. The number of hydrogen-bond acceptors (Lipinski definition) is 6. The molecule has 1 aliphatic heterocycles. The third-order valence-corrected chi connectivity index (χ3v) is 7.84. The maximum Gasteiger partial charge on any atom is 0.253 e. The van der Waals surface area contributed by atoms with Gasteiger partial charge in [-0.25, -0.2) is 8.42 Å². The van der Waals surface area contributed by atoms with Crippen LogP contribution in [0, 0.1) is 0 Å². The summed E-state index contributed by atoms with van der Waals surface area (Å²) in [4.78, 5) is 23.9. The lowest BCUT2D eigenvalue weighted by atomic mass is 10.2. The normalized spacial score (nSPS) is 18.6. The minimum Gasteiger partial charge on any atom is -0.366 e. The van der Waals surface area contributed by atoms with E-state index in [1.165, 1.54) is 27.8 Å². The van der Waals surface area contributed by atoms with Gasteiger partial charge in [-0.2, -0.15) is 4.31 Å². The van der Waals surface area contributed by atoms with E-state index in [0.717, 1.165) is 11.3 Å². The number of carbonyl (C=O) groups is 2. The molecule has 3 rings (SSSR count). The number of hydrogen-bond donors (Lipinski definition) is 2. The summed E-state index contributed by atoms with van der Waals surface area (Å²) in [7, 11) is -3.69. The second-order valence-electron chi connectivity index (χ2n) is 5.22. The molecule has 0 aliphatic carbocycles. The molecule has 0 saturated carbocycles. The van der Waals surface area contributed by atoms with Crippen molar-refractivity contribution in [1.82, 2.24) is 4.31 Å². The van der Waals surface area contributed by atoms with E-state index in [2.05, 4.69) is 5.32 Å². The van der Waals surface area contributed by atoms with Gasteiger partial charge >= 0.3 is 0 Å². The van der Waals surface area contributed by atoms with Crippen molar-refractivity contribution >= 4 is 49.5 Å². The minimum atomic E-state index is -3.69. The zero-order valence-corrected chi connectivity index (χ0v) is 14.9. The van der Waals surface area contributed by atoms with E-state index in [-0.39, 0.29) is 9.77 Å². The molecule has 0 spiro atoms. The Labute approximate surface area is 147 Å². The van der Waals surface area contributed by atoms with Crippen LogP contribution in [0.3, 0.4) is 0 Å². The Balaban J connectivity index is 1.82. The second kappa shape index (κ2) is 6.63. The van der Waals surface area contributed by atoms with E-state index in [0.29, 0.717) is 24.4 Å². The maximum atomic E-state index is 12.7. The second-order valence-corrected chi connectivity index (χ2v) is 9.20. The van der Waals surface area contributed by atoms with Crippen LogP contribution in [0.5, 0.6) is 0 Å². The van der Waals surface area contributed by atoms with E-state index >= 15 is 0 Å². The van der Waals surface area contributed by atoms with Crippen LogP contribution in [0.15, 0.2) is 33.2 Å². The van der Waals surface area contributed by atoms with Crippen molar-refractivity contribution < 1.29 is 18.0 Å². The summed E-state index contributed by atoms with van der Waals surface area (Å²) in [6.45, 7) is 0.297. The molecule has 3 heterocycles. The molecule has 0 radical (unpaired) electrons. The van der Waals surface area contributed by atoms with Crippen LogP contribution in [-0.4, -0.2) is 37.1 Å². The molecule has 0 aromatic carbocycles. The first-order valence-corrected chi connectivity index (χ1v) is 10.3. The molecular weight excluding hydrogens is 370 g/mol. The van der Waals surface area contributed by atoms with Gasteiger partial charge < -0.3 is 11.1 Å². The number of thiophene rings is 2. The third kappa shape index (κ3) is 3.09. The Hall–Kier alpha value is -1.75. The number of anilines is 1. The van der Waals surface area contributed by atoms with Crippen LogP contribution in [0.4, 0.5) is 5.00 Å². The number of nitrogens with one attached hydrogen (secondary N) is 1. The van der Waals surface area contributed by atoms with Crippen LogP contribution >= 0.6 is 22.7 Å². The lowest BCUT2D eigenvalue weighted by molar-refractivity contribution is -0.119. The summed E-state index contributed by atoms with van der Waals surface area (Å²) in [5.41, 5.74) is 5.48. The van der Waals surface area contributed by atoms with Crippen molar-refractivity contribution in [3.63, 3.8) is 0 Å². The Morgan fingerprint density at radius 3 is 2.71 bits per heavy atom. The fraction of sp³-hybridized carbons (Fsp3) is 0.286. The SMILES string of the molecule is NC(=O)c1ccsc1NC(=O)C1CCCN1S(=O)(=O)c1cccs1. The van der Waals surface area contributed by atoms with Crippen molar-refractivity contribution in [2.75, 3.05) is 11.9 Å². The number of amides is 2. The molecule has 1 saturated heterocycles. The molecular formula is C14H15N3O4S3. The van der Waals surface area contributed by atoms with Gasteiger partial charge in [-0.1, -0.05) is 6.07 Å². The molecule has 128 valence electrons. The lowest BCUT2D eigenvalue weighted by Crippen LogP contribution is -2.42. The summed E-state index contributed by atoms with van der Waals surface area (Å²) in [6, 6.07) is 3.92. The first-order valence-electron chi connectivity index (χ1n) is 7.15. The summed E-state index contributed by atoms with van der Waals surface area (Å²) >= 11 is 2.29. The Bertz CT molecular complexity index is 858. The monoisotopic (exact) mass is 385 g/mol. The van der Waals surface area contributed by atoms with E-state index in [4.69, 9.17) is 5.73 Å². The molecule has 7 nitrogen and oxygen atoms in total. The molecule has 1 fully saturated rings. The highest BCUT2D eigenvalue weighted by Crippen LogP contribution is 2.30. The standard InChI is InChI=1S/C14H15N3O4S3/c15-12(18)9-5-8-23-14(9)16-13(19)10-3-1-6-17(10)24(20,21)11-4-2-7-22-11/h2,4-5,7-8,10H,1,3,6H2,(H2,15,18)(H,16,19). The highest BCUT2D eigenvalue weighted by Gasteiger charge is 2.40. The average Bonchev–Trinajstić information content (AvgIpc) is 3.27. The predicted molar refractivity (Wildman–Crippen MR) is 92.7 cm³/mol. The molecule has 2 aromatic heterocycles. The molecule has 3 N–H and O–H groups in total. The first-order chi connectivity index (χ1) is 11.4. The molecule has 1 atom stereocenters. The van der Waals surface area contributed by atoms with Gasteiger partial charge in [-0.05, 0) is 35.7 Å². The summed E-state index contributed by atoms with van der Waals surface area (Å²) in [5, 5.41) is 6.30. The lowest BCUT2D eigenvalue weighted by Gasteiger charge is -2.22. The maximum absolute atomic E-state index is 12.7. The summed E-state index contributed by atoms with van der Waals surface area (Å²) in [6.07, 6.45) is 1.05. The largest absolute Gasteiger partial charge is 0.366 e. The fourth-order valence-corrected chi connectivity index (χ4v) is 6.18. The van der Waals surface area contributed by atoms with Gasteiger partial charge in [0.05, 0.1) is 5.56 Å². The van der Waals surface area contributed by atoms with Crippen LogP contribution in [0.25, 0.3) is 0 Å².